The number of carbonyl (C=O) groups excluding carboxylic acids is 1. The molecule has 0 radical (unpaired) electrons. The van der Waals surface area contributed by atoms with Crippen molar-refractivity contribution < 1.29 is 4.79 Å². The van der Waals surface area contributed by atoms with Crippen LogP contribution in [0.2, 0.25) is 0 Å². The maximum Gasteiger partial charge on any atom is 0.237 e. The van der Waals surface area contributed by atoms with Gasteiger partial charge in [0, 0.05) is 0 Å². The number of nitrogens with two attached hydrogens (primary N) is 1. The van der Waals surface area contributed by atoms with Crippen LogP contribution >= 0.6 is 12.2 Å². The van der Waals surface area contributed by atoms with Gasteiger partial charge in [-0.25, -0.2) is 9.97 Å². The Morgan fingerprint density at radius 2 is 2.12 bits per heavy atom. The Bertz CT molecular complexity index is 395. The molecule has 0 bridgehead atoms. The SMILES string of the molecule is CCC(C)(C(=O)Nc1cncnc1)C(N)=S. The quantitative estimate of drug-likeness (QED) is 0.768. The van der Waals surface area contributed by atoms with E-state index >= 15 is 0 Å². The minimum Gasteiger partial charge on any atom is -0.392 e. The van der Waals surface area contributed by atoms with Crippen molar-refractivity contribution >= 4 is 28.8 Å². The fraction of sp³-hybridized carbons (Fsp3) is 0.400. The first kappa shape index (κ1) is 12.5. The Kier molecular flexibility index (Phi) is 3.89. The van der Waals surface area contributed by atoms with Crippen LogP contribution in [0.4, 0.5) is 5.69 Å². The van der Waals surface area contributed by atoms with Crippen molar-refractivity contribution in [2.75, 3.05) is 5.32 Å². The maximum atomic E-state index is 12.0. The van der Waals surface area contributed by atoms with Crippen LogP contribution in [-0.4, -0.2) is 20.9 Å². The van der Waals surface area contributed by atoms with E-state index in [1.165, 1.54) is 18.7 Å². The molecule has 1 unspecified atom stereocenters. The summed E-state index contributed by atoms with van der Waals surface area (Å²) in [5.41, 5.74) is 5.26. The van der Waals surface area contributed by atoms with Gasteiger partial charge in [0.1, 0.15) is 6.33 Å². The number of aromatic nitrogens is 2. The average Bonchev–Trinajstić information content (AvgIpc) is 2.28. The number of carbonyl (C=O) groups is 1. The molecule has 5 nitrogen and oxygen atoms in total. The smallest absolute Gasteiger partial charge is 0.237 e. The lowest BCUT2D eigenvalue weighted by Crippen LogP contribution is -2.43. The third-order valence-corrected chi connectivity index (χ3v) is 3.02. The number of thiocarbonyl (C=S) groups is 1. The molecule has 16 heavy (non-hydrogen) atoms. The summed E-state index contributed by atoms with van der Waals surface area (Å²) in [6, 6.07) is 0. The van der Waals surface area contributed by atoms with E-state index in [2.05, 4.69) is 15.3 Å². The van der Waals surface area contributed by atoms with Crippen LogP contribution in [0.15, 0.2) is 18.7 Å². The van der Waals surface area contributed by atoms with Crippen LogP contribution in [0.5, 0.6) is 0 Å². The van der Waals surface area contributed by atoms with Gasteiger partial charge >= 0.3 is 0 Å². The van der Waals surface area contributed by atoms with E-state index in [1.54, 1.807) is 6.92 Å². The predicted molar refractivity (Wildman–Crippen MR) is 65.8 cm³/mol. The fourth-order valence-electron chi connectivity index (χ4n) is 1.08. The molecule has 0 aliphatic heterocycles. The Labute approximate surface area is 99.5 Å². The highest BCUT2D eigenvalue weighted by Gasteiger charge is 2.34. The molecule has 0 saturated heterocycles. The Balaban J connectivity index is 2.83. The Morgan fingerprint density at radius 1 is 1.56 bits per heavy atom. The van der Waals surface area contributed by atoms with Crippen molar-refractivity contribution in [2.45, 2.75) is 20.3 Å². The predicted octanol–water partition coefficient (Wildman–Crippen LogP) is 1.12. The van der Waals surface area contributed by atoms with E-state index in [4.69, 9.17) is 18.0 Å². The average molecular weight is 238 g/mol. The van der Waals surface area contributed by atoms with Gasteiger partial charge in [-0.1, -0.05) is 19.1 Å². The number of rotatable bonds is 4. The van der Waals surface area contributed by atoms with Gasteiger partial charge in [-0.05, 0) is 13.3 Å². The largest absolute Gasteiger partial charge is 0.392 e. The lowest BCUT2D eigenvalue weighted by atomic mass is 9.86. The molecule has 0 saturated carbocycles. The first-order valence-electron chi connectivity index (χ1n) is 4.87. The van der Waals surface area contributed by atoms with Crippen molar-refractivity contribution in [3.8, 4) is 0 Å². The van der Waals surface area contributed by atoms with Crippen molar-refractivity contribution in [3.05, 3.63) is 18.7 Å². The van der Waals surface area contributed by atoms with Crippen molar-refractivity contribution in [3.63, 3.8) is 0 Å². The molecule has 0 aliphatic carbocycles. The summed E-state index contributed by atoms with van der Waals surface area (Å²) < 4.78 is 0. The molecule has 1 aromatic rings. The molecule has 1 rings (SSSR count). The zero-order valence-electron chi connectivity index (χ0n) is 9.23. The van der Waals surface area contributed by atoms with Gasteiger partial charge in [0.2, 0.25) is 5.91 Å². The lowest BCUT2D eigenvalue weighted by molar-refractivity contribution is -0.121. The molecule has 1 amide bonds. The van der Waals surface area contributed by atoms with Crippen molar-refractivity contribution in [2.24, 2.45) is 11.1 Å². The van der Waals surface area contributed by atoms with Gasteiger partial charge in [-0.3, -0.25) is 4.79 Å². The number of nitrogens with one attached hydrogen (secondary N) is 1. The van der Waals surface area contributed by atoms with E-state index in [0.717, 1.165) is 0 Å². The number of amides is 1. The lowest BCUT2D eigenvalue weighted by Gasteiger charge is -2.25. The molecule has 1 heterocycles. The monoisotopic (exact) mass is 238 g/mol. The molecule has 86 valence electrons. The molecule has 3 N–H and O–H groups in total. The van der Waals surface area contributed by atoms with Crippen LogP contribution in [-0.2, 0) is 4.79 Å². The molecule has 0 aromatic carbocycles. The summed E-state index contributed by atoms with van der Waals surface area (Å²) in [6.07, 6.45) is 4.96. The summed E-state index contributed by atoms with van der Waals surface area (Å²) in [5, 5.41) is 2.68. The van der Waals surface area contributed by atoms with Crippen molar-refractivity contribution in [1.29, 1.82) is 0 Å². The van der Waals surface area contributed by atoms with E-state index in [-0.39, 0.29) is 10.9 Å². The maximum absolute atomic E-state index is 12.0. The normalized spacial score (nSPS) is 13.9. The molecular weight excluding hydrogens is 224 g/mol. The van der Waals surface area contributed by atoms with E-state index in [1.807, 2.05) is 6.92 Å². The molecule has 6 heteroatoms. The van der Waals surface area contributed by atoms with Gasteiger partial charge in [0.15, 0.2) is 0 Å². The highest BCUT2D eigenvalue weighted by Crippen LogP contribution is 2.23. The molecular formula is C10H14N4OS. The zero-order valence-corrected chi connectivity index (χ0v) is 10.0. The molecule has 1 atom stereocenters. The van der Waals surface area contributed by atoms with Gasteiger partial charge < -0.3 is 11.1 Å². The van der Waals surface area contributed by atoms with Gasteiger partial charge in [0.25, 0.3) is 0 Å². The summed E-state index contributed by atoms with van der Waals surface area (Å²) >= 11 is 4.91. The second kappa shape index (κ2) is 4.98. The van der Waals surface area contributed by atoms with Crippen LogP contribution in [0, 0.1) is 5.41 Å². The third-order valence-electron chi connectivity index (χ3n) is 2.57. The molecule has 1 aromatic heterocycles. The topological polar surface area (TPSA) is 80.9 Å². The summed E-state index contributed by atoms with van der Waals surface area (Å²) in [5.74, 6) is -0.239. The number of nitrogens with zero attached hydrogens (tertiary/aromatic N) is 2. The Hall–Kier alpha value is -1.56. The first-order chi connectivity index (χ1) is 7.50. The number of hydrogen-bond donors (Lipinski definition) is 2. The second-order valence-electron chi connectivity index (χ2n) is 3.63. The van der Waals surface area contributed by atoms with Crippen LogP contribution < -0.4 is 11.1 Å². The number of hydrogen-bond acceptors (Lipinski definition) is 4. The van der Waals surface area contributed by atoms with E-state index in [9.17, 15) is 4.79 Å². The highest BCUT2D eigenvalue weighted by molar-refractivity contribution is 7.80. The summed E-state index contributed by atoms with van der Waals surface area (Å²) in [4.78, 5) is 19.8. The molecule has 0 spiro atoms. The minimum atomic E-state index is -0.842. The van der Waals surface area contributed by atoms with Crippen LogP contribution in [0.3, 0.4) is 0 Å². The van der Waals surface area contributed by atoms with Gasteiger partial charge in [-0.2, -0.15) is 0 Å². The standard InChI is InChI=1S/C10H14N4OS/c1-3-10(2,8(11)16)9(15)14-7-4-12-6-13-5-7/h4-6H,3H2,1-2H3,(H2,11,16)(H,14,15). The second-order valence-corrected chi connectivity index (χ2v) is 4.07. The van der Waals surface area contributed by atoms with Gasteiger partial charge in [-0.15, -0.1) is 0 Å². The highest BCUT2D eigenvalue weighted by atomic mass is 32.1. The summed E-state index contributed by atoms with van der Waals surface area (Å²) in [7, 11) is 0. The molecule has 0 aliphatic rings. The van der Waals surface area contributed by atoms with Crippen molar-refractivity contribution in [1.82, 2.24) is 9.97 Å². The fourth-order valence-corrected chi connectivity index (χ4v) is 1.32. The van der Waals surface area contributed by atoms with Crippen LogP contribution in [0.25, 0.3) is 0 Å². The minimum absolute atomic E-state index is 0.185. The van der Waals surface area contributed by atoms with E-state index in [0.29, 0.717) is 12.1 Å². The summed E-state index contributed by atoms with van der Waals surface area (Å²) in [6.45, 7) is 3.58. The number of anilines is 1. The van der Waals surface area contributed by atoms with Crippen LogP contribution in [0.1, 0.15) is 20.3 Å². The first-order valence-corrected chi connectivity index (χ1v) is 5.28. The van der Waals surface area contributed by atoms with Gasteiger partial charge in [0.05, 0.1) is 28.5 Å². The van der Waals surface area contributed by atoms with E-state index < -0.39 is 5.41 Å². The zero-order chi connectivity index (χ0) is 12.2. The third kappa shape index (κ3) is 2.52. The Morgan fingerprint density at radius 3 is 2.56 bits per heavy atom. The molecule has 0 fully saturated rings.